The number of hydrogen-bond acceptors (Lipinski definition) is 4. The van der Waals surface area contributed by atoms with Crippen LogP contribution in [0.4, 0.5) is 0 Å². The average molecular weight is 297 g/mol. The van der Waals surface area contributed by atoms with Crippen LogP contribution >= 0.6 is 0 Å². The lowest BCUT2D eigenvalue weighted by atomic mass is 10.1. The Bertz CT molecular complexity index is 583. The summed E-state index contributed by atoms with van der Waals surface area (Å²) in [5, 5.41) is 2.80. The molecule has 1 N–H and O–H groups in total. The second-order valence-corrected chi connectivity index (χ2v) is 7.33. The van der Waals surface area contributed by atoms with Gasteiger partial charge in [0.05, 0.1) is 25.0 Å². The van der Waals surface area contributed by atoms with Gasteiger partial charge in [0.1, 0.15) is 5.75 Å². The number of hydrogen-bond donors (Lipinski definition) is 1. The van der Waals surface area contributed by atoms with E-state index in [9.17, 15) is 13.2 Å². The molecule has 1 aliphatic heterocycles. The first-order chi connectivity index (χ1) is 9.48. The quantitative estimate of drug-likeness (QED) is 0.872. The Morgan fingerprint density at radius 3 is 2.90 bits per heavy atom. The van der Waals surface area contributed by atoms with Gasteiger partial charge in [-0.1, -0.05) is 12.1 Å². The molecule has 0 saturated carbocycles. The summed E-state index contributed by atoms with van der Waals surface area (Å²) in [5.41, 5.74) is 0.876. The summed E-state index contributed by atoms with van der Waals surface area (Å²) in [4.78, 5) is 11.8. The number of carbonyl (C=O) groups excluding carboxylic acids is 1. The number of benzene rings is 1. The molecule has 2 rings (SSSR count). The Hall–Kier alpha value is -1.56. The molecule has 1 aromatic carbocycles. The highest BCUT2D eigenvalue weighted by Crippen LogP contribution is 2.17. The Labute approximate surface area is 119 Å². The minimum Gasteiger partial charge on any atom is -0.497 e. The van der Waals surface area contributed by atoms with Gasteiger partial charge in [-0.15, -0.1) is 0 Å². The number of rotatable bonds is 5. The first-order valence-electron chi connectivity index (χ1n) is 6.58. The van der Waals surface area contributed by atoms with E-state index < -0.39 is 9.84 Å². The summed E-state index contributed by atoms with van der Waals surface area (Å²) in [7, 11) is -1.30. The smallest absolute Gasteiger partial charge is 0.224 e. The van der Waals surface area contributed by atoms with Crippen molar-refractivity contribution in [2.75, 3.05) is 25.2 Å². The molecule has 1 atom stereocenters. The van der Waals surface area contributed by atoms with Crippen LogP contribution in [0.5, 0.6) is 5.75 Å². The zero-order chi connectivity index (χ0) is 14.6. The molecule has 0 spiro atoms. The van der Waals surface area contributed by atoms with Crippen molar-refractivity contribution < 1.29 is 17.9 Å². The summed E-state index contributed by atoms with van der Waals surface area (Å²) < 4.78 is 27.7. The SMILES string of the molecule is COc1cccc(CC(=O)NC[C@@H]2CCS(=O)(=O)C2)c1. The molecule has 1 heterocycles. The highest BCUT2D eigenvalue weighted by atomic mass is 32.2. The summed E-state index contributed by atoms with van der Waals surface area (Å²) in [5.74, 6) is 1.10. The van der Waals surface area contributed by atoms with Crippen molar-refractivity contribution in [3.63, 3.8) is 0 Å². The van der Waals surface area contributed by atoms with Crippen molar-refractivity contribution in [3.05, 3.63) is 29.8 Å². The molecule has 1 aromatic rings. The highest BCUT2D eigenvalue weighted by Gasteiger charge is 2.27. The Morgan fingerprint density at radius 1 is 1.45 bits per heavy atom. The molecule has 0 unspecified atom stereocenters. The van der Waals surface area contributed by atoms with Crippen molar-refractivity contribution in [1.82, 2.24) is 5.32 Å². The number of amides is 1. The summed E-state index contributed by atoms with van der Waals surface area (Å²) in [6.45, 7) is 0.433. The lowest BCUT2D eigenvalue weighted by Gasteiger charge is -2.10. The van der Waals surface area contributed by atoms with Crippen molar-refractivity contribution in [2.24, 2.45) is 5.92 Å². The lowest BCUT2D eigenvalue weighted by Crippen LogP contribution is -2.31. The van der Waals surface area contributed by atoms with Crippen LogP contribution in [0.1, 0.15) is 12.0 Å². The van der Waals surface area contributed by atoms with Gasteiger partial charge in [0, 0.05) is 6.54 Å². The zero-order valence-corrected chi connectivity index (χ0v) is 12.3. The van der Waals surface area contributed by atoms with Crippen LogP contribution in [0.3, 0.4) is 0 Å². The van der Waals surface area contributed by atoms with Gasteiger partial charge in [-0.2, -0.15) is 0 Å². The average Bonchev–Trinajstić information content (AvgIpc) is 2.76. The molecule has 110 valence electrons. The molecular formula is C14H19NO4S. The van der Waals surface area contributed by atoms with Crippen LogP contribution in [0.25, 0.3) is 0 Å². The van der Waals surface area contributed by atoms with E-state index in [1.165, 1.54) is 0 Å². The Balaban J connectivity index is 1.81. The van der Waals surface area contributed by atoms with Crippen molar-refractivity contribution >= 4 is 15.7 Å². The lowest BCUT2D eigenvalue weighted by molar-refractivity contribution is -0.120. The van der Waals surface area contributed by atoms with Gasteiger partial charge in [-0.05, 0) is 30.0 Å². The maximum Gasteiger partial charge on any atom is 0.224 e. The standard InChI is InChI=1S/C14H19NO4S/c1-19-13-4-2-3-11(7-13)8-14(16)15-9-12-5-6-20(17,18)10-12/h2-4,7,12H,5-6,8-10H2,1H3,(H,15,16)/t12-/m0/s1. The maximum atomic E-state index is 11.8. The normalized spacial score (nSPS) is 20.6. The highest BCUT2D eigenvalue weighted by molar-refractivity contribution is 7.91. The van der Waals surface area contributed by atoms with E-state index in [-0.39, 0.29) is 29.8 Å². The van der Waals surface area contributed by atoms with Crippen LogP contribution in [0, 0.1) is 5.92 Å². The summed E-state index contributed by atoms with van der Waals surface area (Å²) in [6.07, 6.45) is 0.915. The molecule has 6 heteroatoms. The first kappa shape index (κ1) is 14.8. The van der Waals surface area contributed by atoms with Gasteiger partial charge < -0.3 is 10.1 Å². The summed E-state index contributed by atoms with van der Waals surface area (Å²) in [6, 6.07) is 7.34. The van der Waals surface area contributed by atoms with Crippen LogP contribution in [-0.4, -0.2) is 39.5 Å². The minimum atomic E-state index is -2.88. The van der Waals surface area contributed by atoms with Crippen molar-refractivity contribution in [3.8, 4) is 5.75 Å². The molecule has 1 saturated heterocycles. The molecule has 20 heavy (non-hydrogen) atoms. The number of carbonyl (C=O) groups is 1. The predicted octanol–water partition coefficient (Wildman–Crippen LogP) is 0.789. The third-order valence-corrected chi connectivity index (χ3v) is 5.25. The monoisotopic (exact) mass is 297 g/mol. The topological polar surface area (TPSA) is 72.5 Å². The second-order valence-electron chi connectivity index (χ2n) is 5.10. The van der Waals surface area contributed by atoms with E-state index in [0.29, 0.717) is 13.0 Å². The molecule has 1 fully saturated rings. The van der Waals surface area contributed by atoms with Gasteiger partial charge in [0.2, 0.25) is 5.91 Å². The van der Waals surface area contributed by atoms with Crippen molar-refractivity contribution in [1.29, 1.82) is 0 Å². The van der Waals surface area contributed by atoms with Gasteiger partial charge in [-0.25, -0.2) is 8.42 Å². The van der Waals surface area contributed by atoms with Crippen LogP contribution < -0.4 is 10.1 Å². The fourth-order valence-corrected chi connectivity index (χ4v) is 4.18. The molecular weight excluding hydrogens is 278 g/mol. The van der Waals surface area contributed by atoms with E-state index in [2.05, 4.69) is 5.32 Å². The van der Waals surface area contributed by atoms with Crippen LogP contribution in [0.15, 0.2) is 24.3 Å². The van der Waals surface area contributed by atoms with Crippen LogP contribution in [-0.2, 0) is 21.1 Å². The van der Waals surface area contributed by atoms with Crippen molar-refractivity contribution in [2.45, 2.75) is 12.8 Å². The van der Waals surface area contributed by atoms with Gasteiger partial charge in [0.15, 0.2) is 9.84 Å². The number of ether oxygens (including phenoxy) is 1. The van der Waals surface area contributed by atoms with E-state index in [4.69, 9.17) is 4.74 Å². The van der Waals surface area contributed by atoms with Gasteiger partial charge >= 0.3 is 0 Å². The third kappa shape index (κ3) is 4.23. The zero-order valence-electron chi connectivity index (χ0n) is 11.5. The summed E-state index contributed by atoms with van der Waals surface area (Å²) >= 11 is 0. The molecule has 5 nitrogen and oxygen atoms in total. The molecule has 0 aliphatic carbocycles. The number of methoxy groups -OCH3 is 1. The Morgan fingerprint density at radius 2 is 2.25 bits per heavy atom. The van der Waals surface area contributed by atoms with Crippen LogP contribution in [0.2, 0.25) is 0 Å². The third-order valence-electron chi connectivity index (χ3n) is 3.41. The molecule has 1 amide bonds. The largest absolute Gasteiger partial charge is 0.497 e. The predicted molar refractivity (Wildman–Crippen MR) is 76.5 cm³/mol. The fourth-order valence-electron chi connectivity index (χ4n) is 2.32. The molecule has 1 aliphatic rings. The van der Waals surface area contributed by atoms with E-state index in [1.54, 1.807) is 7.11 Å². The first-order valence-corrected chi connectivity index (χ1v) is 8.41. The molecule has 0 bridgehead atoms. The number of nitrogens with one attached hydrogen (secondary N) is 1. The molecule has 0 aromatic heterocycles. The molecule has 0 radical (unpaired) electrons. The second kappa shape index (κ2) is 6.26. The fraction of sp³-hybridized carbons (Fsp3) is 0.500. The number of sulfone groups is 1. The van der Waals surface area contributed by atoms with E-state index >= 15 is 0 Å². The van der Waals surface area contributed by atoms with Gasteiger partial charge in [0.25, 0.3) is 0 Å². The van der Waals surface area contributed by atoms with Gasteiger partial charge in [-0.3, -0.25) is 4.79 Å². The van der Waals surface area contributed by atoms with E-state index in [1.807, 2.05) is 24.3 Å². The minimum absolute atomic E-state index is 0.0502. The maximum absolute atomic E-state index is 11.8. The van der Waals surface area contributed by atoms with E-state index in [0.717, 1.165) is 11.3 Å². The Kier molecular flexibility index (Phi) is 4.65.